The molecule has 1 amide bonds. The van der Waals surface area contributed by atoms with E-state index in [0.29, 0.717) is 49.5 Å². The van der Waals surface area contributed by atoms with Crippen molar-refractivity contribution in [2.45, 2.75) is 49.2 Å². The first kappa shape index (κ1) is 21.5. The van der Waals surface area contributed by atoms with Crippen LogP contribution < -0.4 is 4.74 Å². The summed E-state index contributed by atoms with van der Waals surface area (Å²) in [4.78, 5) is 14.6. The van der Waals surface area contributed by atoms with Gasteiger partial charge in [0.2, 0.25) is 15.9 Å². The highest BCUT2D eigenvalue weighted by atomic mass is 32.2. The van der Waals surface area contributed by atoms with Crippen LogP contribution in [-0.2, 0) is 14.8 Å². The Balaban J connectivity index is 1.50. The number of carbonyl (C=O) groups excluding carboxylic acids is 1. The van der Waals surface area contributed by atoms with Gasteiger partial charge in [-0.1, -0.05) is 19.3 Å². The zero-order chi connectivity index (χ0) is 20.0. The quantitative estimate of drug-likeness (QED) is 0.671. The molecule has 1 aromatic rings. The van der Waals surface area contributed by atoms with Gasteiger partial charge >= 0.3 is 0 Å². The molecule has 2 fully saturated rings. The number of hydrogen-bond donors (Lipinski definition) is 0. The van der Waals surface area contributed by atoms with Crippen molar-refractivity contribution in [3.05, 3.63) is 24.3 Å². The van der Waals surface area contributed by atoms with Gasteiger partial charge in [0.1, 0.15) is 5.75 Å². The Labute approximate surface area is 172 Å². The second-order valence-electron chi connectivity index (χ2n) is 7.26. The summed E-state index contributed by atoms with van der Waals surface area (Å²) in [5.74, 6) is 1.30. The Bertz CT molecular complexity index is 738. The number of nitrogens with zero attached hydrogens (tertiary/aromatic N) is 2. The van der Waals surface area contributed by atoms with Crippen molar-refractivity contribution in [2.24, 2.45) is 0 Å². The summed E-state index contributed by atoms with van der Waals surface area (Å²) >= 11 is 1.77. The fraction of sp³-hybridized carbons (Fsp3) is 0.650. The molecule has 156 valence electrons. The van der Waals surface area contributed by atoms with Gasteiger partial charge in [0, 0.05) is 31.4 Å². The lowest BCUT2D eigenvalue weighted by molar-refractivity contribution is -0.129. The molecule has 1 aromatic carbocycles. The van der Waals surface area contributed by atoms with Crippen LogP contribution in [0.3, 0.4) is 0 Å². The van der Waals surface area contributed by atoms with Crippen molar-refractivity contribution in [1.82, 2.24) is 9.21 Å². The van der Waals surface area contributed by atoms with Gasteiger partial charge in [-0.2, -0.15) is 4.31 Å². The van der Waals surface area contributed by atoms with Crippen LogP contribution in [0.15, 0.2) is 29.2 Å². The van der Waals surface area contributed by atoms with Gasteiger partial charge in [0.15, 0.2) is 0 Å². The zero-order valence-corrected chi connectivity index (χ0v) is 18.1. The predicted octanol–water partition coefficient (Wildman–Crippen LogP) is 2.98. The molecule has 3 rings (SSSR count). The second kappa shape index (κ2) is 9.98. The molecule has 1 saturated carbocycles. The number of rotatable bonds is 7. The van der Waals surface area contributed by atoms with Crippen LogP contribution in [0.2, 0.25) is 0 Å². The maximum absolute atomic E-state index is 12.8. The summed E-state index contributed by atoms with van der Waals surface area (Å²) < 4.78 is 32.5. The highest BCUT2D eigenvalue weighted by Crippen LogP contribution is 2.28. The molecule has 0 bridgehead atoms. The van der Waals surface area contributed by atoms with E-state index in [-0.39, 0.29) is 10.8 Å². The summed E-state index contributed by atoms with van der Waals surface area (Å²) in [6.45, 7) is 4.03. The molecule has 8 heteroatoms. The van der Waals surface area contributed by atoms with E-state index in [1.54, 1.807) is 40.9 Å². The number of amides is 1. The van der Waals surface area contributed by atoms with Gasteiger partial charge in [-0.05, 0) is 44.0 Å². The molecule has 0 aromatic heterocycles. The molecular weight excluding hydrogens is 396 g/mol. The van der Waals surface area contributed by atoms with E-state index in [4.69, 9.17) is 4.74 Å². The van der Waals surface area contributed by atoms with Crippen LogP contribution in [0.4, 0.5) is 0 Å². The number of piperazine rings is 1. The van der Waals surface area contributed by atoms with Crippen molar-refractivity contribution < 1.29 is 17.9 Å². The van der Waals surface area contributed by atoms with Crippen LogP contribution in [0.25, 0.3) is 0 Å². The number of thioether (sulfide) groups is 1. The molecule has 1 aliphatic heterocycles. The average Bonchev–Trinajstić information content (AvgIpc) is 2.73. The fourth-order valence-electron chi connectivity index (χ4n) is 3.71. The Morgan fingerprint density at radius 1 is 1.07 bits per heavy atom. The summed E-state index contributed by atoms with van der Waals surface area (Å²) in [6.07, 6.45) is 6.29. The SMILES string of the molecule is CCOc1ccc(S(=O)(=O)N2CCN(C(=O)CSC3CCCCC3)CC2)cc1. The maximum atomic E-state index is 12.8. The van der Waals surface area contributed by atoms with Crippen LogP contribution in [0, 0.1) is 0 Å². The third-order valence-corrected chi connectivity index (χ3v) is 8.63. The van der Waals surface area contributed by atoms with Gasteiger partial charge in [0.05, 0.1) is 17.3 Å². The molecule has 1 aliphatic carbocycles. The van der Waals surface area contributed by atoms with E-state index in [1.165, 1.54) is 36.4 Å². The Morgan fingerprint density at radius 2 is 1.71 bits per heavy atom. The van der Waals surface area contributed by atoms with Crippen molar-refractivity contribution in [3.8, 4) is 5.75 Å². The van der Waals surface area contributed by atoms with Crippen LogP contribution in [0.1, 0.15) is 39.0 Å². The van der Waals surface area contributed by atoms with Gasteiger partial charge in [-0.25, -0.2) is 8.42 Å². The molecule has 28 heavy (non-hydrogen) atoms. The van der Waals surface area contributed by atoms with Crippen LogP contribution in [0.5, 0.6) is 5.75 Å². The summed E-state index contributed by atoms with van der Waals surface area (Å²) in [5.41, 5.74) is 0. The zero-order valence-electron chi connectivity index (χ0n) is 16.5. The monoisotopic (exact) mass is 426 g/mol. The van der Waals surface area contributed by atoms with Crippen molar-refractivity contribution >= 4 is 27.7 Å². The molecule has 1 heterocycles. The third-order valence-electron chi connectivity index (χ3n) is 5.36. The van der Waals surface area contributed by atoms with Crippen LogP contribution >= 0.6 is 11.8 Å². The molecule has 2 aliphatic rings. The highest BCUT2D eigenvalue weighted by molar-refractivity contribution is 8.00. The number of sulfonamides is 1. The van der Waals surface area contributed by atoms with Gasteiger partial charge < -0.3 is 9.64 Å². The van der Waals surface area contributed by atoms with Crippen molar-refractivity contribution in [3.63, 3.8) is 0 Å². The Hall–Kier alpha value is -1.25. The molecule has 0 radical (unpaired) electrons. The maximum Gasteiger partial charge on any atom is 0.243 e. The minimum absolute atomic E-state index is 0.133. The second-order valence-corrected chi connectivity index (χ2v) is 10.5. The number of hydrogen-bond acceptors (Lipinski definition) is 5. The standard InChI is InChI=1S/C20H30N2O4S2/c1-2-26-17-8-10-19(11-9-17)28(24,25)22-14-12-21(13-15-22)20(23)16-27-18-6-4-3-5-7-18/h8-11,18H,2-7,12-16H2,1H3. The fourth-order valence-corrected chi connectivity index (χ4v) is 6.36. The number of benzene rings is 1. The topological polar surface area (TPSA) is 66.9 Å². The number of ether oxygens (including phenoxy) is 1. The van der Waals surface area contributed by atoms with E-state index in [9.17, 15) is 13.2 Å². The van der Waals surface area contributed by atoms with E-state index in [0.717, 1.165) is 0 Å². The molecule has 0 spiro atoms. The van der Waals surface area contributed by atoms with Gasteiger partial charge in [-0.15, -0.1) is 11.8 Å². The minimum Gasteiger partial charge on any atom is -0.494 e. The molecular formula is C20H30N2O4S2. The third kappa shape index (κ3) is 5.42. The van der Waals surface area contributed by atoms with Gasteiger partial charge in [0.25, 0.3) is 0 Å². The predicted molar refractivity (Wildman–Crippen MR) is 112 cm³/mol. The first-order chi connectivity index (χ1) is 13.5. The number of carbonyl (C=O) groups is 1. The molecule has 1 saturated heterocycles. The summed E-state index contributed by atoms with van der Waals surface area (Å²) in [6, 6.07) is 6.52. The first-order valence-electron chi connectivity index (χ1n) is 10.1. The Kier molecular flexibility index (Phi) is 7.65. The lowest BCUT2D eigenvalue weighted by Crippen LogP contribution is -2.51. The lowest BCUT2D eigenvalue weighted by Gasteiger charge is -2.34. The summed E-state index contributed by atoms with van der Waals surface area (Å²) in [5, 5.41) is 0.610. The molecule has 6 nitrogen and oxygen atoms in total. The highest BCUT2D eigenvalue weighted by Gasteiger charge is 2.30. The van der Waals surface area contributed by atoms with E-state index < -0.39 is 10.0 Å². The minimum atomic E-state index is -3.54. The van der Waals surface area contributed by atoms with Crippen molar-refractivity contribution in [2.75, 3.05) is 38.5 Å². The van der Waals surface area contributed by atoms with Crippen molar-refractivity contribution in [1.29, 1.82) is 0 Å². The molecule has 0 atom stereocenters. The first-order valence-corrected chi connectivity index (χ1v) is 12.6. The van der Waals surface area contributed by atoms with Crippen LogP contribution in [-0.4, -0.2) is 67.3 Å². The molecule has 0 N–H and O–H groups in total. The normalized spacial score (nSPS) is 19.5. The van der Waals surface area contributed by atoms with E-state index in [1.807, 2.05) is 6.92 Å². The lowest BCUT2D eigenvalue weighted by atomic mass is 10.0. The van der Waals surface area contributed by atoms with Gasteiger partial charge in [-0.3, -0.25) is 4.79 Å². The Morgan fingerprint density at radius 3 is 2.32 bits per heavy atom. The smallest absolute Gasteiger partial charge is 0.243 e. The summed E-state index contributed by atoms with van der Waals surface area (Å²) in [7, 11) is -3.54. The largest absolute Gasteiger partial charge is 0.494 e. The van der Waals surface area contributed by atoms with E-state index >= 15 is 0 Å². The average molecular weight is 427 g/mol. The van der Waals surface area contributed by atoms with E-state index in [2.05, 4.69) is 0 Å². The molecule has 0 unspecified atom stereocenters.